The summed E-state index contributed by atoms with van der Waals surface area (Å²) in [5, 5.41) is 0. The maximum atomic E-state index is 14.5. The fourth-order valence-corrected chi connectivity index (χ4v) is 6.92. The number of fused-ring (bicyclic) bond motifs is 1. The molecule has 194 valence electrons. The molecule has 5 rings (SSSR count). The van der Waals surface area contributed by atoms with Crippen molar-refractivity contribution in [2.75, 3.05) is 0 Å². The zero-order valence-corrected chi connectivity index (χ0v) is 23.5. The van der Waals surface area contributed by atoms with Gasteiger partial charge in [-0.1, -0.05) is 74.6 Å². The average molecular weight is 501 g/mol. The Hall–Kier alpha value is -3.37. The van der Waals surface area contributed by atoms with Crippen molar-refractivity contribution in [1.82, 2.24) is 0 Å². The Bertz CT molecular complexity index is 1420. The van der Waals surface area contributed by atoms with Crippen LogP contribution in [0.4, 0.5) is 0 Å². The van der Waals surface area contributed by atoms with Crippen LogP contribution < -0.4 is 0 Å². The number of allylic oxidation sites excluding steroid dienone is 2. The standard InChI is InChI=1S/C37H40O/c1-6-27-15-17-29(18-16-27)31-20-19-28(7-2)32(21-31)22-35(30-11-9-8-10-12-30)37(38)34-23-33-24(3)13-14-25(4)36(33)26(34)5/h1,13-21,30,35H,7-12,22-23H2,2-5H3. The highest BCUT2D eigenvalue weighted by molar-refractivity contribution is 6.07. The monoisotopic (exact) mass is 500 g/mol. The third kappa shape index (κ3) is 5.02. The van der Waals surface area contributed by atoms with E-state index in [-0.39, 0.29) is 5.92 Å². The Labute approximate surface area is 229 Å². The van der Waals surface area contributed by atoms with Crippen molar-refractivity contribution in [3.05, 3.63) is 99.1 Å². The van der Waals surface area contributed by atoms with Crippen LogP contribution in [-0.2, 0) is 24.1 Å². The number of carbonyl (C=O) groups excluding carboxylic acids is 1. The van der Waals surface area contributed by atoms with Crippen LogP contribution in [0.2, 0.25) is 0 Å². The molecule has 1 nitrogen and oxygen atoms in total. The summed E-state index contributed by atoms with van der Waals surface area (Å²) in [5.41, 5.74) is 13.5. The third-order valence-electron chi connectivity index (χ3n) is 9.20. The predicted molar refractivity (Wildman–Crippen MR) is 160 cm³/mol. The minimum atomic E-state index is 0.0412. The maximum absolute atomic E-state index is 14.5. The van der Waals surface area contributed by atoms with Gasteiger partial charge in [0, 0.05) is 23.5 Å². The van der Waals surface area contributed by atoms with E-state index >= 15 is 0 Å². The van der Waals surface area contributed by atoms with E-state index in [9.17, 15) is 4.79 Å². The van der Waals surface area contributed by atoms with Gasteiger partial charge in [0.25, 0.3) is 0 Å². The van der Waals surface area contributed by atoms with E-state index < -0.39 is 0 Å². The summed E-state index contributed by atoms with van der Waals surface area (Å²) in [6.07, 6.45) is 14.3. The lowest BCUT2D eigenvalue weighted by atomic mass is 9.73. The van der Waals surface area contributed by atoms with Gasteiger partial charge in [0.15, 0.2) is 5.78 Å². The molecule has 1 fully saturated rings. The van der Waals surface area contributed by atoms with Crippen molar-refractivity contribution < 1.29 is 4.79 Å². The average Bonchev–Trinajstić information content (AvgIpc) is 3.32. The van der Waals surface area contributed by atoms with Crippen LogP contribution >= 0.6 is 0 Å². The van der Waals surface area contributed by atoms with Gasteiger partial charge in [-0.2, -0.15) is 0 Å². The molecule has 0 aromatic heterocycles. The van der Waals surface area contributed by atoms with Crippen LogP contribution in [0.5, 0.6) is 0 Å². The minimum Gasteiger partial charge on any atom is -0.294 e. The summed E-state index contributed by atoms with van der Waals surface area (Å²) in [6, 6.07) is 19.5. The molecular formula is C37H40O. The van der Waals surface area contributed by atoms with Gasteiger partial charge in [0.1, 0.15) is 0 Å². The van der Waals surface area contributed by atoms with Crippen LogP contribution in [0, 0.1) is 38.0 Å². The quantitative estimate of drug-likeness (QED) is 0.296. The first kappa shape index (κ1) is 26.2. The van der Waals surface area contributed by atoms with Crippen molar-refractivity contribution in [2.45, 2.75) is 79.1 Å². The van der Waals surface area contributed by atoms with Crippen molar-refractivity contribution in [3.63, 3.8) is 0 Å². The number of ketones is 1. The normalized spacial score (nSPS) is 16.3. The summed E-state index contributed by atoms with van der Waals surface area (Å²) in [6.45, 7) is 8.78. The van der Waals surface area contributed by atoms with Gasteiger partial charge in [-0.15, -0.1) is 6.42 Å². The number of hydrogen-bond acceptors (Lipinski definition) is 1. The topological polar surface area (TPSA) is 17.1 Å². The molecule has 1 unspecified atom stereocenters. The molecule has 0 saturated heterocycles. The molecule has 0 heterocycles. The first-order valence-electron chi connectivity index (χ1n) is 14.4. The molecule has 38 heavy (non-hydrogen) atoms. The molecule has 0 bridgehead atoms. The number of hydrogen-bond donors (Lipinski definition) is 0. The van der Waals surface area contributed by atoms with Crippen molar-refractivity contribution in [1.29, 1.82) is 0 Å². The van der Waals surface area contributed by atoms with Crippen LogP contribution in [-0.4, -0.2) is 5.78 Å². The predicted octanol–water partition coefficient (Wildman–Crippen LogP) is 8.85. The highest BCUT2D eigenvalue weighted by Gasteiger charge is 2.35. The molecular weight excluding hydrogens is 460 g/mol. The van der Waals surface area contributed by atoms with E-state index in [1.807, 2.05) is 12.1 Å². The lowest BCUT2D eigenvalue weighted by Gasteiger charge is -2.31. The van der Waals surface area contributed by atoms with Crippen molar-refractivity contribution in [2.24, 2.45) is 11.8 Å². The third-order valence-corrected chi connectivity index (χ3v) is 9.20. The Morgan fingerprint density at radius 1 is 0.895 bits per heavy atom. The summed E-state index contributed by atoms with van der Waals surface area (Å²) >= 11 is 0. The van der Waals surface area contributed by atoms with Gasteiger partial charge in [0.05, 0.1) is 0 Å². The number of rotatable bonds is 7. The molecule has 1 atom stereocenters. The Morgan fingerprint density at radius 2 is 1.58 bits per heavy atom. The number of Topliss-reactive ketones (excluding diaryl/α,β-unsaturated/α-hetero) is 1. The Morgan fingerprint density at radius 3 is 2.24 bits per heavy atom. The Balaban J connectivity index is 1.52. The molecule has 0 amide bonds. The van der Waals surface area contributed by atoms with Crippen LogP contribution in [0.25, 0.3) is 16.7 Å². The molecule has 0 N–H and O–H groups in total. The molecule has 3 aromatic rings. The molecule has 0 aliphatic heterocycles. The van der Waals surface area contributed by atoms with Gasteiger partial charge in [0.2, 0.25) is 0 Å². The zero-order valence-electron chi connectivity index (χ0n) is 23.5. The van der Waals surface area contributed by atoms with Gasteiger partial charge < -0.3 is 0 Å². The van der Waals surface area contributed by atoms with Crippen LogP contribution in [0.15, 0.2) is 60.2 Å². The molecule has 0 spiro atoms. The Kier molecular flexibility index (Phi) is 7.71. The second-order valence-corrected chi connectivity index (χ2v) is 11.5. The highest BCUT2D eigenvalue weighted by Crippen LogP contribution is 2.41. The maximum Gasteiger partial charge on any atom is 0.163 e. The van der Waals surface area contributed by atoms with Gasteiger partial charge in [-0.05, 0) is 115 Å². The second kappa shape index (κ2) is 11.2. The zero-order chi connectivity index (χ0) is 26.8. The molecule has 3 aromatic carbocycles. The second-order valence-electron chi connectivity index (χ2n) is 11.5. The van der Waals surface area contributed by atoms with Gasteiger partial charge in [-0.25, -0.2) is 0 Å². The van der Waals surface area contributed by atoms with Crippen molar-refractivity contribution >= 4 is 11.4 Å². The molecule has 2 aliphatic carbocycles. The van der Waals surface area contributed by atoms with Gasteiger partial charge >= 0.3 is 0 Å². The lowest BCUT2D eigenvalue weighted by molar-refractivity contribution is -0.121. The fraction of sp³-hybridized carbons (Fsp3) is 0.378. The number of aryl methyl sites for hydroxylation is 3. The van der Waals surface area contributed by atoms with E-state index in [0.717, 1.165) is 30.4 Å². The highest BCUT2D eigenvalue weighted by atomic mass is 16.1. The van der Waals surface area contributed by atoms with E-state index in [1.165, 1.54) is 82.2 Å². The number of carbonyl (C=O) groups is 1. The number of terminal acetylenes is 1. The van der Waals surface area contributed by atoms with E-state index in [0.29, 0.717) is 11.7 Å². The van der Waals surface area contributed by atoms with Crippen LogP contribution in [0.1, 0.15) is 84.9 Å². The fourth-order valence-electron chi connectivity index (χ4n) is 6.92. The molecule has 1 heteroatoms. The molecule has 2 aliphatic rings. The summed E-state index contributed by atoms with van der Waals surface area (Å²) in [7, 11) is 0. The first-order chi connectivity index (χ1) is 18.4. The minimum absolute atomic E-state index is 0.0412. The van der Waals surface area contributed by atoms with E-state index in [4.69, 9.17) is 6.42 Å². The number of benzene rings is 3. The van der Waals surface area contributed by atoms with Crippen molar-refractivity contribution in [3.8, 4) is 23.5 Å². The van der Waals surface area contributed by atoms with E-state index in [1.54, 1.807) is 0 Å². The smallest absolute Gasteiger partial charge is 0.163 e. The SMILES string of the molecule is C#Cc1ccc(-c2ccc(CC)c(CC(C(=O)C3=C(C)c4c(C)ccc(C)c4C3)C3CCCCC3)c2)cc1. The largest absolute Gasteiger partial charge is 0.294 e. The molecule has 0 radical (unpaired) electrons. The van der Waals surface area contributed by atoms with Crippen LogP contribution in [0.3, 0.4) is 0 Å². The summed E-state index contributed by atoms with van der Waals surface area (Å²) in [5.74, 6) is 3.62. The van der Waals surface area contributed by atoms with Gasteiger partial charge in [-0.3, -0.25) is 4.79 Å². The summed E-state index contributed by atoms with van der Waals surface area (Å²) in [4.78, 5) is 14.5. The summed E-state index contributed by atoms with van der Waals surface area (Å²) < 4.78 is 0. The van der Waals surface area contributed by atoms with E-state index in [2.05, 4.69) is 76.1 Å². The lowest BCUT2D eigenvalue weighted by Crippen LogP contribution is -2.29. The molecule has 1 saturated carbocycles. The first-order valence-corrected chi connectivity index (χ1v) is 14.4.